The first-order valence-corrected chi connectivity index (χ1v) is 6.08. The first-order valence-electron chi connectivity index (χ1n) is 6.08. The van der Waals surface area contributed by atoms with Crippen LogP contribution in [0.15, 0.2) is 36.5 Å². The monoisotopic (exact) mass is 312 g/mol. The lowest BCUT2D eigenvalue weighted by molar-refractivity contribution is -0.151. The van der Waals surface area contributed by atoms with Gasteiger partial charge in [0, 0.05) is 11.8 Å². The highest BCUT2D eigenvalue weighted by Gasteiger charge is 2.40. The largest absolute Gasteiger partial charge is 0.449 e. The Balaban J connectivity index is 2.35. The molecule has 1 aromatic carbocycles. The molecule has 3 aromatic rings. The average Bonchev–Trinajstić information content (AvgIpc) is 2.87. The lowest BCUT2D eigenvalue weighted by Gasteiger charge is -2.09. The van der Waals surface area contributed by atoms with Crippen LogP contribution in [0, 0.1) is 6.07 Å². The van der Waals surface area contributed by atoms with Gasteiger partial charge in [0.05, 0.1) is 11.2 Å². The van der Waals surface area contributed by atoms with E-state index < -0.39 is 18.6 Å². The van der Waals surface area contributed by atoms with Crippen molar-refractivity contribution in [3.8, 4) is 11.3 Å². The van der Waals surface area contributed by atoms with Crippen molar-refractivity contribution >= 4 is 11.0 Å². The molecule has 2 heterocycles. The van der Waals surface area contributed by atoms with E-state index in [1.165, 1.54) is 6.20 Å². The number of pyridine rings is 1. The molecule has 0 aliphatic carbocycles. The van der Waals surface area contributed by atoms with E-state index in [0.717, 1.165) is 6.07 Å². The van der Waals surface area contributed by atoms with E-state index in [4.69, 9.17) is 0 Å². The molecular formula is C14H7F5N3. The molecule has 0 unspecified atom stereocenters. The second-order valence-electron chi connectivity index (χ2n) is 4.40. The molecule has 1 radical (unpaired) electrons. The van der Waals surface area contributed by atoms with Gasteiger partial charge < -0.3 is 0 Å². The van der Waals surface area contributed by atoms with Gasteiger partial charge in [-0.2, -0.15) is 22.0 Å². The van der Waals surface area contributed by atoms with Crippen molar-refractivity contribution in [1.82, 2.24) is 14.5 Å². The van der Waals surface area contributed by atoms with Crippen LogP contribution in [0.1, 0.15) is 12.4 Å². The van der Waals surface area contributed by atoms with E-state index in [1.54, 1.807) is 24.3 Å². The van der Waals surface area contributed by atoms with Gasteiger partial charge in [0.15, 0.2) is 0 Å². The van der Waals surface area contributed by atoms with Crippen LogP contribution < -0.4 is 0 Å². The molecule has 3 nitrogen and oxygen atoms in total. The summed E-state index contributed by atoms with van der Waals surface area (Å²) in [7, 11) is 0. The summed E-state index contributed by atoms with van der Waals surface area (Å²) in [6.07, 6.45) is -3.81. The highest BCUT2D eigenvalue weighted by Crippen LogP contribution is 2.36. The molecule has 0 N–H and O–H groups in total. The van der Waals surface area contributed by atoms with Crippen LogP contribution in [0.3, 0.4) is 0 Å². The predicted octanol–water partition coefficient (Wildman–Crippen LogP) is 4.31. The van der Waals surface area contributed by atoms with Crippen LogP contribution in [0.2, 0.25) is 0 Å². The zero-order valence-corrected chi connectivity index (χ0v) is 10.8. The third kappa shape index (κ3) is 2.30. The van der Waals surface area contributed by atoms with Gasteiger partial charge in [-0.1, -0.05) is 24.3 Å². The number of alkyl halides is 5. The Morgan fingerprint density at radius 1 is 1.09 bits per heavy atom. The summed E-state index contributed by atoms with van der Waals surface area (Å²) in [5.41, 5.74) is 0.0369. The van der Waals surface area contributed by atoms with Crippen LogP contribution in [-0.4, -0.2) is 14.5 Å². The van der Waals surface area contributed by atoms with E-state index in [2.05, 4.69) is 16.0 Å². The smallest absolute Gasteiger partial charge is 0.262 e. The highest BCUT2D eigenvalue weighted by atomic mass is 19.4. The summed E-state index contributed by atoms with van der Waals surface area (Å²) >= 11 is 0. The number of hydrogen-bond donors (Lipinski definition) is 0. The molecule has 0 aliphatic heterocycles. The lowest BCUT2D eigenvalue weighted by Crippen LogP contribution is -2.15. The van der Waals surface area contributed by atoms with Crippen molar-refractivity contribution in [3.05, 3.63) is 48.4 Å². The third-order valence-electron chi connectivity index (χ3n) is 3.05. The molecule has 0 fully saturated rings. The van der Waals surface area contributed by atoms with Crippen LogP contribution in [0.5, 0.6) is 0 Å². The summed E-state index contributed by atoms with van der Waals surface area (Å²) < 4.78 is 64.8. The van der Waals surface area contributed by atoms with Crippen LogP contribution in [0.25, 0.3) is 22.3 Å². The Morgan fingerprint density at radius 2 is 1.77 bits per heavy atom. The molecule has 0 saturated carbocycles. The summed E-state index contributed by atoms with van der Waals surface area (Å²) in [5, 5.41) is 0. The van der Waals surface area contributed by atoms with Crippen LogP contribution >= 0.6 is 0 Å². The van der Waals surface area contributed by atoms with Crippen molar-refractivity contribution in [2.24, 2.45) is 0 Å². The van der Waals surface area contributed by atoms with E-state index in [-0.39, 0.29) is 21.3 Å². The Kier molecular flexibility index (Phi) is 3.31. The van der Waals surface area contributed by atoms with Gasteiger partial charge in [-0.05, 0) is 12.1 Å². The molecule has 0 atom stereocenters. The lowest BCUT2D eigenvalue weighted by atomic mass is 10.1. The molecular weight excluding hydrogens is 305 g/mol. The van der Waals surface area contributed by atoms with Gasteiger partial charge in [0.2, 0.25) is 5.82 Å². The zero-order chi connectivity index (χ0) is 15.9. The van der Waals surface area contributed by atoms with Gasteiger partial charge in [-0.25, -0.2) is 4.98 Å². The quantitative estimate of drug-likeness (QED) is 0.660. The minimum absolute atomic E-state index is 0.108. The summed E-state index contributed by atoms with van der Waals surface area (Å²) in [6, 6.07) is 10.1. The van der Waals surface area contributed by atoms with Gasteiger partial charge in [-0.15, -0.1) is 0 Å². The second-order valence-corrected chi connectivity index (χ2v) is 4.40. The van der Waals surface area contributed by atoms with Crippen molar-refractivity contribution in [1.29, 1.82) is 0 Å². The van der Waals surface area contributed by atoms with Crippen molar-refractivity contribution in [2.75, 3.05) is 0 Å². The van der Waals surface area contributed by atoms with Crippen molar-refractivity contribution in [3.63, 3.8) is 0 Å². The Hall–Kier alpha value is -2.51. The number of rotatable bonds is 2. The maximum absolute atomic E-state index is 13.1. The Labute approximate surface area is 121 Å². The molecule has 22 heavy (non-hydrogen) atoms. The number of benzene rings is 1. The van der Waals surface area contributed by atoms with Gasteiger partial charge in [0.25, 0.3) is 0 Å². The molecule has 0 saturated heterocycles. The molecule has 113 valence electrons. The zero-order valence-electron chi connectivity index (χ0n) is 10.8. The van der Waals surface area contributed by atoms with E-state index >= 15 is 0 Å². The maximum Gasteiger partial charge on any atom is 0.449 e. The fourth-order valence-corrected chi connectivity index (χ4v) is 2.18. The number of halogens is 5. The number of fused-ring (bicyclic) bond motifs is 1. The molecule has 0 spiro atoms. The third-order valence-corrected chi connectivity index (χ3v) is 3.05. The van der Waals surface area contributed by atoms with Crippen LogP contribution in [-0.2, 0) is 6.18 Å². The average molecular weight is 312 g/mol. The minimum atomic E-state index is -4.99. The first-order chi connectivity index (χ1) is 10.4. The number of hydrogen-bond acceptors (Lipinski definition) is 2. The summed E-state index contributed by atoms with van der Waals surface area (Å²) in [5.74, 6) is -1.64. The maximum atomic E-state index is 13.1. The van der Waals surface area contributed by atoms with E-state index in [9.17, 15) is 22.0 Å². The normalized spacial score (nSPS) is 12.3. The van der Waals surface area contributed by atoms with Gasteiger partial charge >= 0.3 is 12.7 Å². The van der Waals surface area contributed by atoms with Crippen molar-refractivity contribution < 1.29 is 22.0 Å². The molecule has 8 heteroatoms. The fraction of sp³-hybridized carbons (Fsp3) is 0.143. The summed E-state index contributed by atoms with van der Waals surface area (Å²) in [4.78, 5) is 7.34. The molecule has 0 bridgehead atoms. The summed E-state index contributed by atoms with van der Waals surface area (Å²) in [6.45, 7) is -3.36. The first kappa shape index (κ1) is 14.4. The fourth-order valence-electron chi connectivity index (χ4n) is 2.18. The number of aromatic nitrogens is 3. The number of nitrogens with zero attached hydrogens (tertiary/aromatic N) is 3. The SMILES string of the molecule is FC(F)n1c(C(F)(F)F)nc2c(-c3cc[c]cc3)nccc21. The highest BCUT2D eigenvalue weighted by molar-refractivity contribution is 5.90. The Bertz CT molecular complexity index is 808. The van der Waals surface area contributed by atoms with Gasteiger partial charge in [-0.3, -0.25) is 9.55 Å². The van der Waals surface area contributed by atoms with E-state index in [1.807, 2.05) is 0 Å². The second kappa shape index (κ2) is 5.04. The standard InChI is InChI=1S/C14H7F5N3/c15-13(16)22-9-6-7-20-10(8-4-2-1-3-5-8)11(9)21-12(22)14(17,18)19/h2-7,13H. The van der Waals surface area contributed by atoms with E-state index in [0.29, 0.717) is 5.56 Å². The van der Waals surface area contributed by atoms with Crippen LogP contribution in [0.4, 0.5) is 22.0 Å². The molecule has 0 aliphatic rings. The molecule has 0 amide bonds. The van der Waals surface area contributed by atoms with Crippen molar-refractivity contribution in [2.45, 2.75) is 12.7 Å². The minimum Gasteiger partial charge on any atom is -0.262 e. The van der Waals surface area contributed by atoms with Gasteiger partial charge in [0.1, 0.15) is 5.52 Å². The Morgan fingerprint density at radius 3 is 2.36 bits per heavy atom. The molecule has 2 aromatic heterocycles. The predicted molar refractivity (Wildman–Crippen MR) is 68.1 cm³/mol. The molecule has 3 rings (SSSR count). The topological polar surface area (TPSA) is 30.7 Å². The number of imidazole rings is 1.